The molecule has 2 aliphatic heterocycles. The largest absolute Gasteiger partial charge is 0.480 e. The van der Waals surface area contributed by atoms with Gasteiger partial charge in [-0.3, -0.25) is 9.59 Å². The number of carboxylic acids is 2. The predicted molar refractivity (Wildman–Crippen MR) is 72.9 cm³/mol. The molecule has 0 amide bonds. The molecule has 0 unspecified atom stereocenters. The average molecular weight is 301 g/mol. The summed E-state index contributed by atoms with van der Waals surface area (Å²) in [4.78, 5) is 22.6. The van der Waals surface area contributed by atoms with Crippen molar-refractivity contribution in [1.82, 2.24) is 5.32 Å². The molecule has 7 nitrogen and oxygen atoms in total. The third-order valence-electron chi connectivity index (χ3n) is 4.08. The van der Waals surface area contributed by atoms with Crippen molar-refractivity contribution in [2.45, 2.75) is 57.4 Å². The van der Waals surface area contributed by atoms with E-state index in [9.17, 15) is 19.8 Å². The Labute approximate surface area is 123 Å². The highest BCUT2D eigenvalue weighted by Crippen LogP contribution is 2.43. The van der Waals surface area contributed by atoms with E-state index < -0.39 is 23.1 Å². The third kappa shape index (κ3) is 2.90. The highest BCUT2D eigenvalue weighted by molar-refractivity contribution is 5.98. The first-order valence-electron chi connectivity index (χ1n) is 6.96. The molecule has 2 fully saturated rings. The number of rotatable bonds is 2. The SMILES string of the molecule is CC1(C)CC2(CC(C)(C)N1)OCC(C(=O)O)(C(=O)O)CO2. The summed E-state index contributed by atoms with van der Waals surface area (Å²) in [6.07, 6.45) is 1.05. The van der Waals surface area contributed by atoms with E-state index in [1.165, 1.54) is 0 Å². The topological polar surface area (TPSA) is 105 Å². The number of hydrogen-bond donors (Lipinski definition) is 3. The molecule has 3 N–H and O–H groups in total. The van der Waals surface area contributed by atoms with Crippen LogP contribution in [0.1, 0.15) is 40.5 Å². The third-order valence-corrected chi connectivity index (χ3v) is 4.08. The quantitative estimate of drug-likeness (QED) is 0.649. The lowest BCUT2D eigenvalue weighted by molar-refractivity contribution is -0.322. The van der Waals surface area contributed by atoms with E-state index >= 15 is 0 Å². The molecule has 0 aromatic carbocycles. The van der Waals surface area contributed by atoms with E-state index in [2.05, 4.69) is 5.32 Å². The van der Waals surface area contributed by atoms with Crippen molar-refractivity contribution in [1.29, 1.82) is 0 Å². The second-order valence-corrected chi connectivity index (χ2v) is 7.43. The molecule has 0 atom stereocenters. The lowest BCUT2D eigenvalue weighted by atomic mass is 9.77. The van der Waals surface area contributed by atoms with Crippen LogP contribution >= 0.6 is 0 Å². The molecular weight excluding hydrogens is 278 g/mol. The van der Waals surface area contributed by atoms with Crippen LogP contribution in [-0.2, 0) is 19.1 Å². The average Bonchev–Trinajstić information content (AvgIpc) is 2.24. The van der Waals surface area contributed by atoms with Crippen molar-refractivity contribution in [2.24, 2.45) is 5.41 Å². The summed E-state index contributed by atoms with van der Waals surface area (Å²) in [7, 11) is 0. The summed E-state index contributed by atoms with van der Waals surface area (Å²) in [5.41, 5.74) is -2.53. The Hall–Kier alpha value is -1.18. The lowest BCUT2D eigenvalue weighted by Crippen LogP contribution is -2.68. The van der Waals surface area contributed by atoms with Gasteiger partial charge in [-0.1, -0.05) is 0 Å². The highest BCUT2D eigenvalue weighted by Gasteiger charge is 2.58. The predicted octanol–water partition coefficient (Wildman–Crippen LogP) is 0.826. The molecule has 1 spiro atoms. The van der Waals surface area contributed by atoms with Gasteiger partial charge >= 0.3 is 11.9 Å². The summed E-state index contributed by atoms with van der Waals surface area (Å²) in [5, 5.41) is 21.9. The minimum absolute atomic E-state index is 0.256. The molecule has 0 bridgehead atoms. The van der Waals surface area contributed by atoms with Crippen LogP contribution in [0.3, 0.4) is 0 Å². The number of ether oxygens (including phenoxy) is 2. The van der Waals surface area contributed by atoms with Crippen molar-refractivity contribution in [3.05, 3.63) is 0 Å². The zero-order chi connectivity index (χ0) is 16.1. The van der Waals surface area contributed by atoms with Gasteiger partial charge in [0.1, 0.15) is 0 Å². The van der Waals surface area contributed by atoms with Gasteiger partial charge in [0.2, 0.25) is 5.41 Å². The van der Waals surface area contributed by atoms with Crippen LogP contribution < -0.4 is 5.32 Å². The van der Waals surface area contributed by atoms with Gasteiger partial charge in [-0.05, 0) is 27.7 Å². The first kappa shape index (κ1) is 16.2. The molecule has 21 heavy (non-hydrogen) atoms. The Kier molecular flexibility index (Phi) is 3.59. The van der Waals surface area contributed by atoms with E-state index in [1.807, 2.05) is 27.7 Å². The maximum absolute atomic E-state index is 11.3. The van der Waals surface area contributed by atoms with E-state index in [0.29, 0.717) is 12.8 Å². The molecule has 2 rings (SSSR count). The van der Waals surface area contributed by atoms with Gasteiger partial charge in [0, 0.05) is 23.9 Å². The van der Waals surface area contributed by atoms with Crippen LogP contribution in [0, 0.1) is 5.41 Å². The Morgan fingerprint density at radius 2 is 1.29 bits per heavy atom. The smallest absolute Gasteiger partial charge is 0.325 e. The van der Waals surface area contributed by atoms with Crippen LogP contribution in [0.5, 0.6) is 0 Å². The number of hydrogen-bond acceptors (Lipinski definition) is 5. The number of carbonyl (C=O) groups is 2. The van der Waals surface area contributed by atoms with Crippen LogP contribution in [-0.4, -0.2) is 52.2 Å². The van der Waals surface area contributed by atoms with Crippen LogP contribution in [0.15, 0.2) is 0 Å². The van der Waals surface area contributed by atoms with Crippen molar-refractivity contribution < 1.29 is 29.3 Å². The monoisotopic (exact) mass is 301 g/mol. The van der Waals surface area contributed by atoms with Gasteiger partial charge in [0.15, 0.2) is 5.79 Å². The maximum atomic E-state index is 11.3. The van der Waals surface area contributed by atoms with Crippen LogP contribution in [0.4, 0.5) is 0 Å². The van der Waals surface area contributed by atoms with Crippen LogP contribution in [0.2, 0.25) is 0 Å². The molecule has 0 aromatic rings. The summed E-state index contributed by atoms with van der Waals surface area (Å²) >= 11 is 0. The first-order valence-corrected chi connectivity index (χ1v) is 6.96. The molecule has 2 heterocycles. The molecule has 7 heteroatoms. The summed E-state index contributed by atoms with van der Waals surface area (Å²) in [5.74, 6) is -3.80. The molecular formula is C14H23NO6. The van der Waals surface area contributed by atoms with Gasteiger partial charge in [-0.2, -0.15) is 0 Å². The zero-order valence-corrected chi connectivity index (χ0v) is 12.9. The summed E-state index contributed by atoms with van der Waals surface area (Å²) < 4.78 is 11.4. The fourth-order valence-electron chi connectivity index (χ4n) is 3.55. The number of aliphatic carboxylic acids is 2. The summed E-state index contributed by atoms with van der Waals surface area (Å²) in [6, 6.07) is 0. The van der Waals surface area contributed by atoms with Gasteiger partial charge in [0.25, 0.3) is 0 Å². The Morgan fingerprint density at radius 1 is 0.905 bits per heavy atom. The fraction of sp³-hybridized carbons (Fsp3) is 0.857. The maximum Gasteiger partial charge on any atom is 0.325 e. The summed E-state index contributed by atoms with van der Waals surface area (Å²) in [6.45, 7) is 7.28. The van der Waals surface area contributed by atoms with Crippen LogP contribution in [0.25, 0.3) is 0 Å². The fourth-order valence-corrected chi connectivity index (χ4v) is 3.55. The van der Waals surface area contributed by atoms with Gasteiger partial charge in [-0.25, -0.2) is 0 Å². The second-order valence-electron chi connectivity index (χ2n) is 7.43. The van der Waals surface area contributed by atoms with E-state index in [-0.39, 0.29) is 24.3 Å². The van der Waals surface area contributed by atoms with Gasteiger partial charge < -0.3 is 25.0 Å². The molecule has 0 aromatic heterocycles. The van der Waals surface area contributed by atoms with Gasteiger partial charge in [0.05, 0.1) is 13.2 Å². The van der Waals surface area contributed by atoms with Gasteiger partial charge in [-0.15, -0.1) is 0 Å². The highest BCUT2D eigenvalue weighted by atomic mass is 16.7. The standard InChI is InChI=1S/C14H23NO6/c1-11(2)5-14(6-12(3,4)15-11)20-7-13(8-21-14,9(16)17)10(18)19/h15H,5-8H2,1-4H3,(H,16,17)(H,18,19). The lowest BCUT2D eigenvalue weighted by Gasteiger charge is -2.54. The Balaban J connectivity index is 2.22. The van der Waals surface area contributed by atoms with Crippen molar-refractivity contribution in [2.75, 3.05) is 13.2 Å². The van der Waals surface area contributed by atoms with Crippen molar-refractivity contribution >= 4 is 11.9 Å². The normalized spacial score (nSPS) is 29.0. The molecule has 2 saturated heterocycles. The molecule has 2 aliphatic rings. The van der Waals surface area contributed by atoms with E-state index in [0.717, 1.165) is 0 Å². The number of carboxylic acid groups (broad SMARTS) is 2. The van der Waals surface area contributed by atoms with Crippen molar-refractivity contribution in [3.8, 4) is 0 Å². The zero-order valence-electron chi connectivity index (χ0n) is 12.9. The Bertz CT molecular complexity index is 428. The van der Waals surface area contributed by atoms with Crippen molar-refractivity contribution in [3.63, 3.8) is 0 Å². The number of piperidine rings is 1. The molecule has 0 aliphatic carbocycles. The molecule has 120 valence electrons. The second kappa shape index (κ2) is 4.66. The Morgan fingerprint density at radius 3 is 1.62 bits per heavy atom. The molecule has 0 radical (unpaired) electrons. The van der Waals surface area contributed by atoms with E-state index in [4.69, 9.17) is 9.47 Å². The van der Waals surface area contributed by atoms with E-state index in [1.54, 1.807) is 0 Å². The first-order chi connectivity index (χ1) is 9.42. The minimum atomic E-state index is -2.02. The molecule has 0 saturated carbocycles. The minimum Gasteiger partial charge on any atom is -0.480 e. The number of nitrogens with one attached hydrogen (secondary N) is 1.